The fraction of sp³-hybridized carbons (Fsp3) is 0.259. The van der Waals surface area contributed by atoms with Gasteiger partial charge in [-0.3, -0.25) is 0 Å². The maximum atomic E-state index is 13.7. The molecule has 0 radical (unpaired) electrons. The highest BCUT2D eigenvalue weighted by molar-refractivity contribution is 7.80. The van der Waals surface area contributed by atoms with E-state index in [4.69, 9.17) is 26.4 Å². The normalized spacial score (nSPS) is 17.4. The molecule has 194 valence electrons. The summed E-state index contributed by atoms with van der Waals surface area (Å²) in [7, 11) is 2.33. The minimum absolute atomic E-state index is 0.000843. The molecule has 1 saturated heterocycles. The Bertz CT molecular complexity index is 1280. The predicted octanol–water partition coefficient (Wildman–Crippen LogP) is 5.67. The Morgan fingerprint density at radius 1 is 1.00 bits per heavy atom. The van der Waals surface area contributed by atoms with E-state index in [-0.39, 0.29) is 29.3 Å². The monoisotopic (exact) mass is 531 g/mol. The van der Waals surface area contributed by atoms with Gasteiger partial charge in [-0.15, -0.1) is 0 Å². The molecule has 3 aromatic carbocycles. The van der Waals surface area contributed by atoms with E-state index in [0.717, 1.165) is 24.3 Å². The Labute approximate surface area is 217 Å². The number of carboxylic acid groups (broad SMARTS) is 1. The molecule has 1 N–H and O–H groups in total. The zero-order valence-electron chi connectivity index (χ0n) is 20.0. The molecule has 4 rings (SSSR count). The average Bonchev–Trinajstić information content (AvgIpc) is 3.32. The molecule has 0 spiro atoms. The van der Waals surface area contributed by atoms with E-state index in [0.29, 0.717) is 5.75 Å². The molecule has 37 heavy (non-hydrogen) atoms. The quantitative estimate of drug-likeness (QED) is 0.394. The lowest BCUT2D eigenvalue weighted by Gasteiger charge is -2.25. The first kappa shape index (κ1) is 26.3. The number of thiocarbonyl (C=S) groups is 1. The van der Waals surface area contributed by atoms with E-state index in [2.05, 4.69) is 0 Å². The summed E-state index contributed by atoms with van der Waals surface area (Å²) in [6, 6.07) is 18.3. The molecule has 3 aromatic rings. The molecule has 0 unspecified atom stereocenters. The zero-order valence-corrected chi connectivity index (χ0v) is 20.8. The summed E-state index contributed by atoms with van der Waals surface area (Å²) in [6.45, 7) is 0.0892. The number of carbonyl (C=O) groups is 1. The summed E-state index contributed by atoms with van der Waals surface area (Å²) in [6.07, 6.45) is -5.17. The van der Waals surface area contributed by atoms with Crippen LogP contribution < -0.4 is 14.2 Å². The van der Waals surface area contributed by atoms with Crippen LogP contribution in [0.5, 0.6) is 17.2 Å². The second kappa shape index (κ2) is 10.7. The van der Waals surface area contributed by atoms with Crippen LogP contribution in [0.2, 0.25) is 0 Å². The predicted molar refractivity (Wildman–Crippen MR) is 135 cm³/mol. The highest BCUT2D eigenvalue weighted by atomic mass is 32.1. The van der Waals surface area contributed by atoms with Crippen molar-refractivity contribution in [1.29, 1.82) is 0 Å². The van der Waals surface area contributed by atoms with Crippen LogP contribution in [0.15, 0.2) is 66.7 Å². The minimum Gasteiger partial charge on any atom is -0.493 e. The number of hydrogen-bond donors (Lipinski definition) is 1. The van der Waals surface area contributed by atoms with E-state index < -0.39 is 35.6 Å². The van der Waals surface area contributed by atoms with Gasteiger partial charge in [-0.1, -0.05) is 54.7 Å². The van der Waals surface area contributed by atoms with E-state index in [1.54, 1.807) is 12.1 Å². The number of ether oxygens (including phenoxy) is 3. The Kier molecular flexibility index (Phi) is 7.58. The lowest BCUT2D eigenvalue weighted by Crippen LogP contribution is -2.40. The Morgan fingerprint density at radius 2 is 1.65 bits per heavy atom. The lowest BCUT2D eigenvalue weighted by atomic mass is 10.1. The van der Waals surface area contributed by atoms with Crippen molar-refractivity contribution in [3.63, 3.8) is 0 Å². The molecule has 0 amide bonds. The number of nitrogens with zero attached hydrogens (tertiary/aromatic N) is 1. The SMILES string of the molecule is COc1cc(C(=S)N2C[C@H](Oc3ccc(-c4ccccc4)cc3)C[C@@H]2C(=O)O)cc(C(F)(F)F)c1OC. The molecule has 10 heteroatoms. The number of carboxylic acids is 1. The molecule has 0 aliphatic carbocycles. The second-order valence-electron chi connectivity index (χ2n) is 8.43. The van der Waals surface area contributed by atoms with Gasteiger partial charge in [-0.2, -0.15) is 13.2 Å². The number of alkyl halides is 3. The minimum atomic E-state index is -4.74. The van der Waals surface area contributed by atoms with E-state index >= 15 is 0 Å². The first-order chi connectivity index (χ1) is 17.6. The number of rotatable bonds is 7. The van der Waals surface area contributed by atoms with E-state index in [1.165, 1.54) is 18.1 Å². The largest absolute Gasteiger partial charge is 0.493 e. The van der Waals surface area contributed by atoms with Crippen LogP contribution in [0, 0.1) is 0 Å². The van der Waals surface area contributed by atoms with Crippen molar-refractivity contribution in [3.05, 3.63) is 77.9 Å². The first-order valence-corrected chi connectivity index (χ1v) is 11.7. The fourth-order valence-corrected chi connectivity index (χ4v) is 4.67. The molecular weight excluding hydrogens is 507 g/mol. The summed E-state index contributed by atoms with van der Waals surface area (Å²) in [5, 5.41) is 9.81. The highest BCUT2D eigenvalue weighted by Crippen LogP contribution is 2.43. The molecule has 0 saturated carbocycles. The zero-order chi connectivity index (χ0) is 26.7. The molecule has 6 nitrogen and oxygen atoms in total. The van der Waals surface area contributed by atoms with Crippen LogP contribution in [0.25, 0.3) is 11.1 Å². The van der Waals surface area contributed by atoms with Crippen molar-refractivity contribution < 1.29 is 37.3 Å². The van der Waals surface area contributed by atoms with Gasteiger partial charge < -0.3 is 24.2 Å². The third-order valence-corrected chi connectivity index (χ3v) is 6.57. The van der Waals surface area contributed by atoms with Crippen molar-refractivity contribution in [1.82, 2.24) is 4.90 Å². The van der Waals surface area contributed by atoms with Crippen molar-refractivity contribution in [2.45, 2.75) is 24.7 Å². The third kappa shape index (κ3) is 5.64. The number of aliphatic carboxylic acids is 1. The van der Waals surface area contributed by atoms with Gasteiger partial charge in [0.1, 0.15) is 28.4 Å². The van der Waals surface area contributed by atoms with E-state index in [9.17, 15) is 23.1 Å². The Morgan fingerprint density at radius 3 is 2.22 bits per heavy atom. The Balaban J connectivity index is 1.56. The third-order valence-electron chi connectivity index (χ3n) is 6.10. The number of benzene rings is 3. The standard InChI is InChI=1S/C27H24F3NO5S/c1-34-23-13-18(12-21(24(23)35-2)27(28,29)30)25(37)31-15-20(14-22(31)26(32)33)36-19-10-8-17(9-11-19)16-6-4-3-5-7-16/h3-13,20,22H,14-15H2,1-2H3,(H,32,33)/t20-,22-/m1/s1. The summed E-state index contributed by atoms with van der Waals surface area (Å²) in [5.74, 6) is -1.23. The highest BCUT2D eigenvalue weighted by Gasteiger charge is 2.41. The molecule has 0 aromatic heterocycles. The second-order valence-corrected chi connectivity index (χ2v) is 8.82. The average molecular weight is 532 g/mol. The molecule has 0 bridgehead atoms. The smallest absolute Gasteiger partial charge is 0.420 e. The summed E-state index contributed by atoms with van der Waals surface area (Å²) in [5.41, 5.74) is 0.980. The lowest BCUT2D eigenvalue weighted by molar-refractivity contribution is -0.141. The van der Waals surface area contributed by atoms with Crippen molar-refractivity contribution in [3.8, 4) is 28.4 Å². The molecule has 1 fully saturated rings. The number of methoxy groups -OCH3 is 2. The van der Waals surface area contributed by atoms with Gasteiger partial charge in [0.15, 0.2) is 11.5 Å². The van der Waals surface area contributed by atoms with Crippen molar-refractivity contribution >= 4 is 23.2 Å². The molecule has 1 heterocycles. The first-order valence-electron chi connectivity index (χ1n) is 11.3. The summed E-state index contributed by atoms with van der Waals surface area (Å²) < 4.78 is 57.2. The summed E-state index contributed by atoms with van der Waals surface area (Å²) >= 11 is 5.48. The summed E-state index contributed by atoms with van der Waals surface area (Å²) in [4.78, 5) is 13.3. The van der Waals surface area contributed by atoms with Crippen LogP contribution in [-0.2, 0) is 11.0 Å². The van der Waals surface area contributed by atoms with Crippen LogP contribution in [0.4, 0.5) is 13.2 Å². The van der Waals surface area contributed by atoms with Crippen LogP contribution in [0.1, 0.15) is 17.5 Å². The van der Waals surface area contributed by atoms with Crippen LogP contribution >= 0.6 is 12.2 Å². The number of likely N-dealkylation sites (tertiary alicyclic amines) is 1. The van der Waals surface area contributed by atoms with Crippen LogP contribution in [-0.4, -0.2) is 53.9 Å². The van der Waals surface area contributed by atoms with Crippen LogP contribution in [0.3, 0.4) is 0 Å². The maximum absolute atomic E-state index is 13.7. The van der Waals surface area contributed by atoms with Gasteiger partial charge in [0.25, 0.3) is 0 Å². The Hall–Kier alpha value is -3.79. The maximum Gasteiger partial charge on any atom is 0.420 e. The topological polar surface area (TPSA) is 68.2 Å². The van der Waals surface area contributed by atoms with Crippen molar-refractivity contribution in [2.75, 3.05) is 20.8 Å². The molecule has 1 aliphatic heterocycles. The van der Waals surface area contributed by atoms with Gasteiger partial charge in [-0.05, 0) is 35.4 Å². The molecule has 1 aliphatic rings. The number of halogens is 3. The van der Waals surface area contributed by atoms with Gasteiger partial charge >= 0.3 is 12.1 Å². The van der Waals surface area contributed by atoms with Gasteiger partial charge in [-0.25, -0.2) is 4.79 Å². The fourth-order valence-electron chi connectivity index (χ4n) is 4.35. The van der Waals surface area contributed by atoms with Crippen molar-refractivity contribution in [2.24, 2.45) is 0 Å². The molecular formula is C27H24F3NO5S. The molecule has 2 atom stereocenters. The van der Waals surface area contributed by atoms with Gasteiger partial charge in [0.2, 0.25) is 0 Å². The number of hydrogen-bond acceptors (Lipinski definition) is 5. The van der Waals surface area contributed by atoms with E-state index in [1.807, 2.05) is 42.5 Å². The van der Waals surface area contributed by atoms with Gasteiger partial charge in [0.05, 0.1) is 20.8 Å². The van der Waals surface area contributed by atoms with Gasteiger partial charge in [0, 0.05) is 12.0 Å².